The molecule has 0 bridgehead atoms. The van der Waals surface area contributed by atoms with E-state index in [1.165, 1.54) is 0 Å². The summed E-state index contributed by atoms with van der Waals surface area (Å²) in [6, 6.07) is 13.6. The Morgan fingerprint density at radius 1 is 1.16 bits per heavy atom. The molecule has 3 aromatic rings. The molecule has 0 saturated heterocycles. The molecule has 3 nitrogen and oxygen atoms in total. The van der Waals surface area contributed by atoms with Gasteiger partial charge >= 0.3 is 0 Å². The Morgan fingerprint density at radius 3 is 2.84 bits per heavy atom. The smallest absolute Gasteiger partial charge is 0.251 e. The Balaban J connectivity index is 2.08. The van der Waals surface area contributed by atoms with Gasteiger partial charge in [-0.3, -0.25) is 9.78 Å². The number of para-hydroxylation sites is 1. The molecule has 2 heterocycles. The second-order valence-electron chi connectivity index (χ2n) is 4.66. The number of hydrogen-bond acceptors (Lipinski definition) is 2. The van der Waals surface area contributed by atoms with Gasteiger partial charge in [0, 0.05) is 23.8 Å². The summed E-state index contributed by atoms with van der Waals surface area (Å²) in [5, 5.41) is 1.10. The van der Waals surface area contributed by atoms with E-state index in [1.54, 1.807) is 16.8 Å². The molecule has 0 N–H and O–H groups in total. The van der Waals surface area contributed by atoms with Crippen molar-refractivity contribution in [3.63, 3.8) is 0 Å². The molecular weight excluding hydrogens is 236 g/mol. The van der Waals surface area contributed by atoms with Crippen molar-refractivity contribution < 1.29 is 0 Å². The van der Waals surface area contributed by atoms with Gasteiger partial charge in [0.15, 0.2) is 0 Å². The molecule has 0 fully saturated rings. The van der Waals surface area contributed by atoms with E-state index in [-0.39, 0.29) is 5.56 Å². The van der Waals surface area contributed by atoms with Gasteiger partial charge in [-0.05, 0) is 30.2 Å². The predicted octanol–water partition coefficient (Wildman–Crippen LogP) is 2.75. The average Bonchev–Trinajstić information content (AvgIpc) is 2.42. The first-order valence-corrected chi connectivity index (χ1v) is 6.24. The molecule has 0 radical (unpaired) electrons. The Morgan fingerprint density at radius 2 is 2.00 bits per heavy atom. The molecule has 19 heavy (non-hydrogen) atoms. The summed E-state index contributed by atoms with van der Waals surface area (Å²) in [7, 11) is 0. The maximum atomic E-state index is 11.9. The Labute approximate surface area is 111 Å². The number of aryl methyl sites for hydroxylation is 1. The second-order valence-corrected chi connectivity index (χ2v) is 4.66. The van der Waals surface area contributed by atoms with Crippen molar-refractivity contribution in [1.82, 2.24) is 9.55 Å². The van der Waals surface area contributed by atoms with Crippen molar-refractivity contribution in [3.05, 3.63) is 76.3 Å². The molecule has 0 aliphatic carbocycles. The summed E-state index contributed by atoms with van der Waals surface area (Å²) in [5.74, 6) is 0. The van der Waals surface area contributed by atoms with Crippen LogP contribution in [0.4, 0.5) is 0 Å². The van der Waals surface area contributed by atoms with Gasteiger partial charge in [0.2, 0.25) is 0 Å². The van der Waals surface area contributed by atoms with E-state index in [0.717, 1.165) is 22.0 Å². The van der Waals surface area contributed by atoms with Gasteiger partial charge in [0.1, 0.15) is 0 Å². The lowest BCUT2D eigenvalue weighted by Gasteiger charge is -2.08. The van der Waals surface area contributed by atoms with Crippen molar-refractivity contribution in [2.24, 2.45) is 0 Å². The first-order valence-electron chi connectivity index (χ1n) is 6.24. The molecular formula is C16H14N2O. The number of fused-ring (bicyclic) bond motifs is 1. The summed E-state index contributed by atoms with van der Waals surface area (Å²) in [6.45, 7) is 2.47. The molecule has 0 saturated carbocycles. The Hall–Kier alpha value is -2.42. The van der Waals surface area contributed by atoms with E-state index in [1.807, 2.05) is 49.5 Å². The molecule has 0 amide bonds. The van der Waals surface area contributed by atoms with Crippen LogP contribution in [0.2, 0.25) is 0 Å². The van der Waals surface area contributed by atoms with E-state index in [4.69, 9.17) is 0 Å². The predicted molar refractivity (Wildman–Crippen MR) is 76.3 cm³/mol. The van der Waals surface area contributed by atoms with Crippen LogP contribution >= 0.6 is 0 Å². The van der Waals surface area contributed by atoms with Crippen molar-refractivity contribution in [3.8, 4) is 0 Å². The highest BCUT2D eigenvalue weighted by molar-refractivity contribution is 5.81. The van der Waals surface area contributed by atoms with Gasteiger partial charge in [0.05, 0.1) is 12.1 Å². The fourth-order valence-corrected chi connectivity index (χ4v) is 2.22. The van der Waals surface area contributed by atoms with Gasteiger partial charge in [-0.1, -0.05) is 24.3 Å². The molecule has 3 rings (SSSR count). The van der Waals surface area contributed by atoms with Crippen LogP contribution in [0.25, 0.3) is 10.9 Å². The van der Waals surface area contributed by atoms with Crippen LogP contribution in [-0.4, -0.2) is 9.55 Å². The highest BCUT2D eigenvalue weighted by Crippen LogP contribution is 2.16. The third-order valence-electron chi connectivity index (χ3n) is 3.21. The lowest BCUT2D eigenvalue weighted by molar-refractivity contribution is 0.760. The van der Waals surface area contributed by atoms with Crippen LogP contribution in [0.5, 0.6) is 0 Å². The highest BCUT2D eigenvalue weighted by atomic mass is 16.1. The van der Waals surface area contributed by atoms with Gasteiger partial charge in [0.25, 0.3) is 5.56 Å². The van der Waals surface area contributed by atoms with Gasteiger partial charge in [-0.25, -0.2) is 0 Å². The molecule has 94 valence electrons. The number of rotatable bonds is 2. The van der Waals surface area contributed by atoms with Gasteiger partial charge in [-0.2, -0.15) is 0 Å². The third kappa shape index (κ3) is 2.27. The molecule has 2 aromatic heterocycles. The Bertz CT molecular complexity index is 785. The van der Waals surface area contributed by atoms with E-state index in [9.17, 15) is 4.79 Å². The molecule has 0 spiro atoms. The van der Waals surface area contributed by atoms with Crippen LogP contribution in [0.1, 0.15) is 11.1 Å². The lowest BCUT2D eigenvalue weighted by atomic mass is 10.1. The number of benzene rings is 1. The second kappa shape index (κ2) is 4.69. The minimum Gasteiger partial charge on any atom is -0.311 e. The van der Waals surface area contributed by atoms with Gasteiger partial charge < -0.3 is 4.57 Å². The summed E-state index contributed by atoms with van der Waals surface area (Å²) in [6.07, 6.45) is 3.61. The fourth-order valence-electron chi connectivity index (χ4n) is 2.22. The summed E-state index contributed by atoms with van der Waals surface area (Å²) >= 11 is 0. The molecule has 1 aromatic carbocycles. The number of hydrogen-bond donors (Lipinski definition) is 0. The van der Waals surface area contributed by atoms with E-state index >= 15 is 0 Å². The SMILES string of the molecule is Cc1ccn(Cc2cccc3cccnc23)c(=O)c1. The summed E-state index contributed by atoms with van der Waals surface area (Å²) < 4.78 is 1.70. The zero-order valence-corrected chi connectivity index (χ0v) is 10.7. The molecule has 0 atom stereocenters. The number of pyridine rings is 2. The molecule has 0 aliphatic heterocycles. The maximum absolute atomic E-state index is 11.9. The topological polar surface area (TPSA) is 34.9 Å². The van der Waals surface area contributed by atoms with Crippen LogP contribution in [-0.2, 0) is 6.54 Å². The van der Waals surface area contributed by atoms with Crippen molar-refractivity contribution in [2.75, 3.05) is 0 Å². The lowest BCUT2D eigenvalue weighted by Crippen LogP contribution is -2.19. The molecule has 0 aliphatic rings. The van der Waals surface area contributed by atoms with E-state index < -0.39 is 0 Å². The summed E-state index contributed by atoms with van der Waals surface area (Å²) in [5.41, 5.74) is 3.02. The van der Waals surface area contributed by atoms with E-state index in [0.29, 0.717) is 6.54 Å². The highest BCUT2D eigenvalue weighted by Gasteiger charge is 2.03. The monoisotopic (exact) mass is 250 g/mol. The maximum Gasteiger partial charge on any atom is 0.251 e. The van der Waals surface area contributed by atoms with Crippen LogP contribution in [0.15, 0.2) is 59.7 Å². The minimum absolute atomic E-state index is 0.0212. The first-order chi connectivity index (χ1) is 9.24. The number of aromatic nitrogens is 2. The van der Waals surface area contributed by atoms with Crippen LogP contribution in [0.3, 0.4) is 0 Å². The van der Waals surface area contributed by atoms with Crippen LogP contribution < -0.4 is 5.56 Å². The van der Waals surface area contributed by atoms with Crippen molar-refractivity contribution in [1.29, 1.82) is 0 Å². The van der Waals surface area contributed by atoms with Crippen LogP contribution in [0, 0.1) is 6.92 Å². The first kappa shape index (κ1) is 11.7. The van der Waals surface area contributed by atoms with E-state index in [2.05, 4.69) is 4.98 Å². The number of nitrogens with zero attached hydrogens (tertiary/aromatic N) is 2. The summed E-state index contributed by atoms with van der Waals surface area (Å²) in [4.78, 5) is 16.3. The largest absolute Gasteiger partial charge is 0.311 e. The molecule has 3 heteroatoms. The van der Waals surface area contributed by atoms with Gasteiger partial charge in [-0.15, -0.1) is 0 Å². The van der Waals surface area contributed by atoms with Crippen molar-refractivity contribution in [2.45, 2.75) is 13.5 Å². The average molecular weight is 250 g/mol. The minimum atomic E-state index is 0.0212. The zero-order chi connectivity index (χ0) is 13.2. The quantitative estimate of drug-likeness (QED) is 0.701. The zero-order valence-electron chi connectivity index (χ0n) is 10.7. The Kier molecular flexibility index (Phi) is 2.88. The molecule has 0 unspecified atom stereocenters. The fraction of sp³-hybridized carbons (Fsp3) is 0.125. The van der Waals surface area contributed by atoms with Crippen molar-refractivity contribution >= 4 is 10.9 Å². The standard InChI is InChI=1S/C16H14N2O/c1-12-7-9-18(15(19)10-12)11-14-5-2-4-13-6-3-8-17-16(13)14/h2-10H,11H2,1H3. The normalized spacial score (nSPS) is 10.8. The third-order valence-corrected chi connectivity index (χ3v) is 3.21.